The van der Waals surface area contributed by atoms with Crippen LogP contribution in [-0.2, 0) is 9.63 Å². The minimum Gasteiger partial charge on any atom is -0.497 e. The molecule has 1 N–H and O–H groups in total. The lowest BCUT2D eigenvalue weighted by molar-refractivity contribution is -0.131. The summed E-state index contributed by atoms with van der Waals surface area (Å²) in [7, 11) is 1.62. The highest BCUT2D eigenvalue weighted by molar-refractivity contribution is 6.04. The van der Waals surface area contributed by atoms with Gasteiger partial charge in [0, 0.05) is 12.0 Å². The van der Waals surface area contributed by atoms with Crippen LogP contribution in [0.4, 0.5) is 0 Å². The van der Waals surface area contributed by atoms with Crippen LogP contribution in [-0.4, -0.2) is 24.8 Å². The minimum atomic E-state index is -0.600. The number of oxime groups is 1. The Morgan fingerprint density at radius 1 is 1.25 bits per heavy atom. The van der Waals surface area contributed by atoms with Crippen LogP contribution in [0.1, 0.15) is 30.5 Å². The summed E-state index contributed by atoms with van der Waals surface area (Å²) in [6.45, 7) is 1.95. The summed E-state index contributed by atoms with van der Waals surface area (Å²) in [6.07, 6.45) is -0.155. The Morgan fingerprint density at radius 2 is 2.04 bits per heavy atom. The summed E-state index contributed by atoms with van der Waals surface area (Å²) < 4.78 is 5.22. The van der Waals surface area contributed by atoms with E-state index in [9.17, 15) is 4.79 Å². The molecular weight excluding hydrogens is 304 g/mol. The number of carbonyl (C=O) groups is 1. The van der Waals surface area contributed by atoms with E-state index in [1.807, 2.05) is 61.5 Å². The molecule has 1 amide bonds. The van der Waals surface area contributed by atoms with Gasteiger partial charge in [-0.25, -0.2) is 0 Å². The molecule has 0 unspecified atom stereocenters. The summed E-state index contributed by atoms with van der Waals surface area (Å²) in [5, 5.41) is 7.03. The van der Waals surface area contributed by atoms with E-state index >= 15 is 0 Å². The Balaban J connectivity index is 1.61. The van der Waals surface area contributed by atoms with E-state index in [1.54, 1.807) is 7.11 Å². The number of amides is 1. The number of methoxy groups -OCH3 is 1. The van der Waals surface area contributed by atoms with E-state index in [0.717, 1.165) is 22.6 Å². The number of nitrogens with one attached hydrogen (secondary N) is 1. The van der Waals surface area contributed by atoms with Gasteiger partial charge in [0.05, 0.1) is 18.9 Å². The predicted octanol–water partition coefficient (Wildman–Crippen LogP) is 3.07. The third-order valence-corrected chi connectivity index (χ3v) is 4.02. The van der Waals surface area contributed by atoms with Crippen molar-refractivity contribution < 1.29 is 14.4 Å². The standard InChI is InChI=1S/C19H20N2O3/c1-13(14-7-4-3-5-8-14)20-19(22)18-12-17(21-24-18)15-9-6-10-16(11-15)23-2/h3-11,13,18H,12H2,1-2H3,(H,20,22)/t13-,18-/m0/s1. The van der Waals surface area contributed by atoms with Gasteiger partial charge in [0.15, 0.2) is 0 Å². The molecule has 1 aliphatic heterocycles. The maximum absolute atomic E-state index is 12.4. The molecule has 24 heavy (non-hydrogen) atoms. The first-order valence-corrected chi connectivity index (χ1v) is 7.90. The summed E-state index contributed by atoms with van der Waals surface area (Å²) >= 11 is 0. The maximum atomic E-state index is 12.4. The average molecular weight is 324 g/mol. The smallest absolute Gasteiger partial charge is 0.264 e. The highest BCUT2D eigenvalue weighted by atomic mass is 16.6. The van der Waals surface area contributed by atoms with Crippen molar-refractivity contribution in [2.45, 2.75) is 25.5 Å². The molecule has 1 aliphatic rings. The second-order valence-electron chi connectivity index (χ2n) is 5.71. The molecule has 0 aromatic heterocycles. The van der Waals surface area contributed by atoms with Crippen LogP contribution in [0.2, 0.25) is 0 Å². The molecule has 0 saturated heterocycles. The van der Waals surface area contributed by atoms with E-state index < -0.39 is 6.10 Å². The lowest BCUT2D eigenvalue weighted by Crippen LogP contribution is -2.36. The number of ether oxygens (including phenoxy) is 1. The molecule has 2 aromatic carbocycles. The Hall–Kier alpha value is -2.82. The van der Waals surface area contributed by atoms with E-state index in [-0.39, 0.29) is 11.9 Å². The zero-order valence-electron chi connectivity index (χ0n) is 13.7. The fraction of sp³-hybridized carbons (Fsp3) is 0.263. The first-order valence-electron chi connectivity index (χ1n) is 7.90. The Labute approximate surface area is 141 Å². The number of carbonyl (C=O) groups excluding carboxylic acids is 1. The molecule has 0 spiro atoms. The van der Waals surface area contributed by atoms with Crippen molar-refractivity contribution in [1.29, 1.82) is 0 Å². The highest BCUT2D eigenvalue weighted by Gasteiger charge is 2.29. The first kappa shape index (κ1) is 16.1. The molecule has 0 bridgehead atoms. The number of nitrogens with zero attached hydrogens (tertiary/aromatic N) is 1. The molecular formula is C19H20N2O3. The SMILES string of the molecule is COc1cccc(C2=NO[C@H](C(=O)N[C@@H](C)c3ccccc3)C2)c1. The molecule has 0 radical (unpaired) electrons. The summed E-state index contributed by atoms with van der Waals surface area (Å²) in [4.78, 5) is 17.7. The van der Waals surface area contributed by atoms with Crippen LogP contribution < -0.4 is 10.1 Å². The summed E-state index contributed by atoms with van der Waals surface area (Å²) in [6, 6.07) is 17.3. The van der Waals surface area contributed by atoms with Crippen LogP contribution in [0.15, 0.2) is 59.8 Å². The van der Waals surface area contributed by atoms with Crippen LogP contribution in [0.3, 0.4) is 0 Å². The maximum Gasteiger partial charge on any atom is 0.264 e. The van der Waals surface area contributed by atoms with Crippen LogP contribution in [0, 0.1) is 0 Å². The van der Waals surface area contributed by atoms with E-state index in [4.69, 9.17) is 9.57 Å². The monoisotopic (exact) mass is 324 g/mol. The van der Waals surface area contributed by atoms with Crippen LogP contribution in [0.5, 0.6) is 5.75 Å². The molecule has 5 nitrogen and oxygen atoms in total. The highest BCUT2D eigenvalue weighted by Crippen LogP contribution is 2.21. The van der Waals surface area contributed by atoms with Gasteiger partial charge < -0.3 is 14.9 Å². The van der Waals surface area contributed by atoms with Crippen molar-refractivity contribution in [3.63, 3.8) is 0 Å². The lowest BCUT2D eigenvalue weighted by Gasteiger charge is -2.16. The van der Waals surface area contributed by atoms with Crippen LogP contribution >= 0.6 is 0 Å². The molecule has 2 aromatic rings. The Morgan fingerprint density at radius 3 is 2.79 bits per heavy atom. The third-order valence-electron chi connectivity index (χ3n) is 4.02. The van der Waals surface area contributed by atoms with Gasteiger partial charge in [-0.15, -0.1) is 0 Å². The average Bonchev–Trinajstić information content (AvgIpc) is 3.13. The Bertz CT molecular complexity index is 743. The number of hydrogen-bond donors (Lipinski definition) is 1. The quantitative estimate of drug-likeness (QED) is 0.919. The number of rotatable bonds is 5. The van der Waals surface area contributed by atoms with E-state index in [1.165, 1.54) is 0 Å². The zero-order valence-corrected chi connectivity index (χ0v) is 13.7. The van der Waals surface area contributed by atoms with Gasteiger partial charge in [0.2, 0.25) is 6.10 Å². The normalized spacial score (nSPS) is 17.6. The molecule has 0 aliphatic carbocycles. The largest absolute Gasteiger partial charge is 0.497 e. The fourth-order valence-corrected chi connectivity index (χ4v) is 2.62. The third kappa shape index (κ3) is 3.56. The van der Waals surface area contributed by atoms with Gasteiger partial charge in [-0.1, -0.05) is 47.6 Å². The van der Waals surface area contributed by atoms with Crippen molar-refractivity contribution in [3.8, 4) is 5.75 Å². The molecule has 1 heterocycles. The molecule has 3 rings (SSSR count). The second-order valence-corrected chi connectivity index (χ2v) is 5.71. The van der Waals surface area contributed by atoms with Gasteiger partial charge in [-0.05, 0) is 24.6 Å². The predicted molar refractivity (Wildman–Crippen MR) is 92.0 cm³/mol. The van der Waals surface area contributed by atoms with E-state index in [0.29, 0.717) is 6.42 Å². The molecule has 0 saturated carbocycles. The van der Waals surface area contributed by atoms with Crippen molar-refractivity contribution >= 4 is 11.6 Å². The summed E-state index contributed by atoms with van der Waals surface area (Å²) in [5.41, 5.74) is 2.71. The first-order chi connectivity index (χ1) is 11.7. The van der Waals surface area contributed by atoms with Crippen molar-refractivity contribution in [2.24, 2.45) is 5.16 Å². The lowest BCUT2D eigenvalue weighted by atomic mass is 10.0. The molecule has 0 fully saturated rings. The van der Waals surface area contributed by atoms with E-state index in [2.05, 4.69) is 10.5 Å². The number of hydrogen-bond acceptors (Lipinski definition) is 4. The van der Waals surface area contributed by atoms with Gasteiger partial charge in [0.1, 0.15) is 5.75 Å². The minimum absolute atomic E-state index is 0.0804. The van der Waals surface area contributed by atoms with Crippen molar-refractivity contribution in [1.82, 2.24) is 5.32 Å². The molecule has 2 atom stereocenters. The Kier molecular flexibility index (Phi) is 4.79. The van der Waals surface area contributed by atoms with Crippen LogP contribution in [0.25, 0.3) is 0 Å². The van der Waals surface area contributed by atoms with Gasteiger partial charge >= 0.3 is 0 Å². The fourth-order valence-electron chi connectivity index (χ4n) is 2.62. The van der Waals surface area contributed by atoms with Crippen molar-refractivity contribution in [2.75, 3.05) is 7.11 Å². The molecule has 5 heteroatoms. The van der Waals surface area contributed by atoms with Gasteiger partial charge in [0.25, 0.3) is 5.91 Å². The topological polar surface area (TPSA) is 59.9 Å². The van der Waals surface area contributed by atoms with Gasteiger partial charge in [-0.3, -0.25) is 4.79 Å². The van der Waals surface area contributed by atoms with Gasteiger partial charge in [-0.2, -0.15) is 0 Å². The second kappa shape index (κ2) is 7.17. The molecule has 124 valence electrons. The van der Waals surface area contributed by atoms with Crippen molar-refractivity contribution in [3.05, 3.63) is 65.7 Å². The number of benzene rings is 2. The summed E-state index contributed by atoms with van der Waals surface area (Å²) in [5.74, 6) is 0.591. The zero-order chi connectivity index (χ0) is 16.9.